The van der Waals surface area contributed by atoms with Crippen LogP contribution in [-0.2, 0) is 9.53 Å². The summed E-state index contributed by atoms with van der Waals surface area (Å²) in [5.74, 6) is -0.357. The minimum absolute atomic E-state index is 0.0134. The van der Waals surface area contributed by atoms with Crippen molar-refractivity contribution < 1.29 is 13.9 Å². The summed E-state index contributed by atoms with van der Waals surface area (Å²) in [6, 6.07) is 2.99. The zero-order chi connectivity index (χ0) is 13.5. The van der Waals surface area contributed by atoms with Crippen molar-refractivity contribution in [2.24, 2.45) is 5.41 Å². The third-order valence-corrected chi connectivity index (χ3v) is 4.47. The van der Waals surface area contributed by atoms with Gasteiger partial charge in [-0.1, -0.05) is 0 Å². The minimum Gasteiger partial charge on any atom is -0.382 e. The van der Waals surface area contributed by atoms with E-state index in [1.165, 1.54) is 6.07 Å². The fourth-order valence-corrected chi connectivity index (χ4v) is 2.91. The van der Waals surface area contributed by atoms with Crippen LogP contribution in [0.1, 0.15) is 12.8 Å². The predicted octanol–water partition coefficient (Wildman–Crippen LogP) is 2.75. The van der Waals surface area contributed by atoms with Gasteiger partial charge < -0.3 is 15.4 Å². The molecule has 0 unspecified atom stereocenters. The fraction of sp³-hybridized carbons (Fsp3) is 0.462. The zero-order valence-corrected chi connectivity index (χ0v) is 11.8. The molecule has 0 bridgehead atoms. The van der Waals surface area contributed by atoms with Crippen LogP contribution in [0.2, 0.25) is 0 Å². The predicted molar refractivity (Wildman–Crippen MR) is 73.7 cm³/mol. The average molecular weight is 329 g/mol. The van der Waals surface area contributed by atoms with E-state index in [1.807, 2.05) is 0 Å². The van der Waals surface area contributed by atoms with Gasteiger partial charge in [-0.3, -0.25) is 4.79 Å². The molecule has 2 N–H and O–H groups in total. The molecule has 2 heterocycles. The van der Waals surface area contributed by atoms with Gasteiger partial charge in [-0.15, -0.1) is 0 Å². The molecule has 2 aliphatic rings. The highest BCUT2D eigenvalue weighted by Gasteiger charge is 2.41. The molecule has 1 amide bonds. The molecule has 102 valence electrons. The Morgan fingerprint density at radius 1 is 1.26 bits per heavy atom. The van der Waals surface area contributed by atoms with Gasteiger partial charge in [0, 0.05) is 25.8 Å². The van der Waals surface area contributed by atoms with Crippen LogP contribution < -0.4 is 10.6 Å². The molecular weight excluding hydrogens is 315 g/mol. The number of amides is 1. The summed E-state index contributed by atoms with van der Waals surface area (Å²) in [4.78, 5) is 12.4. The van der Waals surface area contributed by atoms with Crippen molar-refractivity contribution >= 4 is 33.2 Å². The number of hydrogen-bond donors (Lipinski definition) is 2. The molecule has 1 aromatic rings. The molecule has 1 saturated heterocycles. The number of benzene rings is 1. The van der Waals surface area contributed by atoms with Crippen molar-refractivity contribution in [3.05, 3.63) is 22.4 Å². The second-order valence-corrected chi connectivity index (χ2v) is 5.87. The first-order valence-electron chi connectivity index (χ1n) is 6.23. The lowest BCUT2D eigenvalue weighted by Gasteiger charge is -2.34. The standard InChI is InChI=1S/C13H14BrFN2O2/c14-8-5-11-10(6-9(8)15)16-7-13(12(18)17-11)1-3-19-4-2-13/h5-6,16H,1-4,7H2,(H,17,18). The Morgan fingerprint density at radius 2 is 2.00 bits per heavy atom. The van der Waals surface area contributed by atoms with E-state index in [4.69, 9.17) is 4.74 Å². The van der Waals surface area contributed by atoms with Gasteiger partial charge in [0.1, 0.15) is 5.82 Å². The van der Waals surface area contributed by atoms with Gasteiger partial charge in [-0.05, 0) is 34.8 Å². The first-order chi connectivity index (χ1) is 9.11. The quantitative estimate of drug-likeness (QED) is 0.770. The Morgan fingerprint density at radius 3 is 2.74 bits per heavy atom. The molecule has 6 heteroatoms. The van der Waals surface area contributed by atoms with E-state index in [1.54, 1.807) is 6.07 Å². The first-order valence-corrected chi connectivity index (χ1v) is 7.02. The number of halogens is 2. The minimum atomic E-state index is -0.458. The number of nitrogens with one attached hydrogen (secondary N) is 2. The van der Waals surface area contributed by atoms with Crippen LogP contribution in [0.15, 0.2) is 16.6 Å². The average Bonchev–Trinajstić information content (AvgIpc) is 2.52. The summed E-state index contributed by atoms with van der Waals surface area (Å²) < 4.78 is 19.2. The van der Waals surface area contributed by atoms with E-state index in [2.05, 4.69) is 26.6 Å². The Kier molecular flexibility index (Phi) is 3.22. The largest absolute Gasteiger partial charge is 0.382 e. The first kappa shape index (κ1) is 12.9. The summed E-state index contributed by atoms with van der Waals surface area (Å²) in [6.45, 7) is 1.68. The van der Waals surface area contributed by atoms with Crippen molar-refractivity contribution in [2.75, 3.05) is 30.4 Å². The molecule has 1 fully saturated rings. The highest BCUT2D eigenvalue weighted by atomic mass is 79.9. The van der Waals surface area contributed by atoms with Crippen LogP contribution in [0.25, 0.3) is 0 Å². The molecule has 2 aliphatic heterocycles. The smallest absolute Gasteiger partial charge is 0.232 e. The van der Waals surface area contributed by atoms with Crippen LogP contribution in [0.4, 0.5) is 15.8 Å². The van der Waals surface area contributed by atoms with Crippen molar-refractivity contribution in [2.45, 2.75) is 12.8 Å². The molecule has 1 spiro atoms. The summed E-state index contributed by atoms with van der Waals surface area (Å²) >= 11 is 3.13. The van der Waals surface area contributed by atoms with Crippen LogP contribution in [0, 0.1) is 11.2 Å². The van der Waals surface area contributed by atoms with E-state index in [9.17, 15) is 9.18 Å². The van der Waals surface area contributed by atoms with E-state index < -0.39 is 5.41 Å². The number of ether oxygens (including phenoxy) is 1. The molecule has 0 atom stereocenters. The molecule has 4 nitrogen and oxygen atoms in total. The van der Waals surface area contributed by atoms with Gasteiger partial charge >= 0.3 is 0 Å². The molecule has 0 radical (unpaired) electrons. The van der Waals surface area contributed by atoms with Gasteiger partial charge in [0.15, 0.2) is 0 Å². The topological polar surface area (TPSA) is 50.4 Å². The fourth-order valence-electron chi connectivity index (χ4n) is 2.56. The van der Waals surface area contributed by atoms with Crippen LogP contribution in [0.5, 0.6) is 0 Å². The number of rotatable bonds is 0. The lowest BCUT2D eigenvalue weighted by atomic mass is 9.79. The van der Waals surface area contributed by atoms with Gasteiger partial charge in [0.25, 0.3) is 0 Å². The van der Waals surface area contributed by atoms with Crippen LogP contribution in [-0.4, -0.2) is 25.7 Å². The summed E-state index contributed by atoms with van der Waals surface area (Å²) in [7, 11) is 0. The molecule has 0 aromatic heterocycles. The summed E-state index contributed by atoms with van der Waals surface area (Å²) in [6.07, 6.45) is 1.37. The Hall–Kier alpha value is -1.14. The maximum Gasteiger partial charge on any atom is 0.232 e. The number of fused-ring (bicyclic) bond motifs is 1. The Bertz CT molecular complexity index is 530. The number of carbonyl (C=O) groups is 1. The molecule has 19 heavy (non-hydrogen) atoms. The number of carbonyl (C=O) groups excluding carboxylic acids is 1. The molecular formula is C13H14BrFN2O2. The van der Waals surface area contributed by atoms with Gasteiger partial charge in [-0.25, -0.2) is 4.39 Å². The third-order valence-electron chi connectivity index (χ3n) is 3.86. The van der Waals surface area contributed by atoms with E-state index >= 15 is 0 Å². The van der Waals surface area contributed by atoms with Gasteiger partial charge in [0.05, 0.1) is 21.3 Å². The molecule has 0 saturated carbocycles. The summed E-state index contributed by atoms with van der Waals surface area (Å²) in [5.41, 5.74) is 0.777. The van der Waals surface area contributed by atoms with Crippen molar-refractivity contribution in [3.63, 3.8) is 0 Å². The van der Waals surface area contributed by atoms with E-state index in [-0.39, 0.29) is 11.7 Å². The van der Waals surface area contributed by atoms with E-state index in [0.717, 1.165) is 0 Å². The molecule has 1 aromatic carbocycles. The van der Waals surface area contributed by atoms with Gasteiger partial charge in [-0.2, -0.15) is 0 Å². The number of anilines is 2. The third kappa shape index (κ3) is 2.23. The molecule has 3 rings (SSSR count). The lowest BCUT2D eigenvalue weighted by molar-refractivity contribution is -0.129. The Balaban J connectivity index is 1.95. The van der Waals surface area contributed by atoms with E-state index in [0.29, 0.717) is 48.4 Å². The number of hydrogen-bond acceptors (Lipinski definition) is 3. The second-order valence-electron chi connectivity index (χ2n) is 5.01. The highest BCUT2D eigenvalue weighted by Crippen LogP contribution is 2.38. The summed E-state index contributed by atoms with van der Waals surface area (Å²) in [5, 5.41) is 6.08. The van der Waals surface area contributed by atoms with Crippen molar-refractivity contribution in [1.29, 1.82) is 0 Å². The second kappa shape index (κ2) is 4.76. The maximum atomic E-state index is 13.6. The maximum absolute atomic E-state index is 13.6. The van der Waals surface area contributed by atoms with Gasteiger partial charge in [0.2, 0.25) is 5.91 Å². The zero-order valence-electron chi connectivity index (χ0n) is 10.3. The SMILES string of the molecule is O=C1Nc2cc(Br)c(F)cc2NCC12CCOCC2. The van der Waals surface area contributed by atoms with Crippen molar-refractivity contribution in [3.8, 4) is 0 Å². The van der Waals surface area contributed by atoms with Crippen LogP contribution >= 0.6 is 15.9 Å². The van der Waals surface area contributed by atoms with Crippen LogP contribution in [0.3, 0.4) is 0 Å². The highest BCUT2D eigenvalue weighted by molar-refractivity contribution is 9.10. The lowest BCUT2D eigenvalue weighted by Crippen LogP contribution is -2.44. The normalized spacial score (nSPS) is 21.3. The Labute approximate surface area is 118 Å². The monoisotopic (exact) mass is 328 g/mol. The molecule has 0 aliphatic carbocycles. The van der Waals surface area contributed by atoms with Crippen molar-refractivity contribution in [1.82, 2.24) is 0 Å².